The lowest BCUT2D eigenvalue weighted by Crippen LogP contribution is -2.28. The zero-order valence-corrected chi connectivity index (χ0v) is 17.5. The fourth-order valence-electron chi connectivity index (χ4n) is 4.13. The first-order chi connectivity index (χ1) is 14.7. The Kier molecular flexibility index (Phi) is 6.23. The van der Waals surface area contributed by atoms with Gasteiger partial charge in [-0.05, 0) is 43.7 Å². The van der Waals surface area contributed by atoms with Crippen molar-refractivity contribution in [3.8, 4) is 28.6 Å². The molecule has 0 radical (unpaired) electrons. The maximum absolute atomic E-state index is 10.2. The molecule has 6 heteroatoms. The van der Waals surface area contributed by atoms with Gasteiger partial charge in [0, 0.05) is 23.7 Å². The Bertz CT molecular complexity index is 985. The Morgan fingerprint density at radius 3 is 2.67 bits per heavy atom. The van der Waals surface area contributed by atoms with E-state index in [1.807, 2.05) is 42.5 Å². The highest BCUT2D eigenvalue weighted by Gasteiger charge is 2.26. The first-order valence-electron chi connectivity index (χ1n) is 10.4. The van der Waals surface area contributed by atoms with Crippen LogP contribution in [0.1, 0.15) is 43.0 Å². The highest BCUT2D eigenvalue weighted by atomic mass is 16.5. The second-order valence-corrected chi connectivity index (χ2v) is 7.65. The number of phenolic OH excluding ortho intramolecular Hbond substituents is 1. The summed E-state index contributed by atoms with van der Waals surface area (Å²) in [6.07, 6.45) is 4.52. The van der Waals surface area contributed by atoms with E-state index < -0.39 is 0 Å². The van der Waals surface area contributed by atoms with E-state index in [0.717, 1.165) is 42.6 Å². The predicted octanol–water partition coefficient (Wildman–Crippen LogP) is 5.18. The van der Waals surface area contributed by atoms with Crippen molar-refractivity contribution in [1.82, 2.24) is 10.1 Å². The van der Waals surface area contributed by atoms with Crippen molar-refractivity contribution in [2.45, 2.75) is 38.3 Å². The second-order valence-electron chi connectivity index (χ2n) is 7.65. The fourth-order valence-corrected chi connectivity index (χ4v) is 4.13. The van der Waals surface area contributed by atoms with Gasteiger partial charge in [-0.15, -0.1) is 0 Å². The van der Waals surface area contributed by atoms with Crippen LogP contribution in [-0.4, -0.2) is 35.9 Å². The highest BCUT2D eigenvalue weighted by Crippen LogP contribution is 2.36. The molecule has 1 N–H and O–H groups in total. The molecule has 0 saturated carbocycles. The molecule has 6 nitrogen and oxygen atoms in total. The third-order valence-electron chi connectivity index (χ3n) is 5.77. The molecule has 158 valence electrons. The maximum atomic E-state index is 10.2. The van der Waals surface area contributed by atoms with Gasteiger partial charge in [0.15, 0.2) is 17.3 Å². The van der Waals surface area contributed by atoms with Gasteiger partial charge in [-0.25, -0.2) is 0 Å². The number of nitrogens with zero attached hydrogens (tertiary/aromatic N) is 2. The molecular formula is C24H28N2O4. The van der Waals surface area contributed by atoms with Gasteiger partial charge in [0.1, 0.15) is 11.4 Å². The molecule has 1 atom stereocenters. The summed E-state index contributed by atoms with van der Waals surface area (Å²) in [6.45, 7) is 1.66. The van der Waals surface area contributed by atoms with Crippen molar-refractivity contribution >= 4 is 0 Å². The number of likely N-dealkylation sites (tertiary alicyclic amines) is 1. The van der Waals surface area contributed by atoms with Crippen molar-refractivity contribution in [2.24, 2.45) is 0 Å². The van der Waals surface area contributed by atoms with Crippen LogP contribution >= 0.6 is 0 Å². The minimum Gasteiger partial charge on any atom is -0.508 e. The van der Waals surface area contributed by atoms with Gasteiger partial charge < -0.3 is 19.1 Å². The monoisotopic (exact) mass is 408 g/mol. The number of hydrogen-bond acceptors (Lipinski definition) is 6. The van der Waals surface area contributed by atoms with E-state index >= 15 is 0 Å². The van der Waals surface area contributed by atoms with Crippen LogP contribution in [0, 0.1) is 0 Å². The standard InChI is InChI=1S/C24H28N2O4/c1-28-22-12-11-17(14-24(22)29-2)23-15-19(25-30-23)20-9-4-3-7-13-26(20)16-18-8-5-6-10-21(18)27/h5-6,8,10-12,14-15,20,27H,3-4,7,9,13,16H2,1-2H3/t20-/m0/s1. The van der Waals surface area contributed by atoms with Crippen molar-refractivity contribution in [2.75, 3.05) is 20.8 Å². The second kappa shape index (κ2) is 9.22. The lowest BCUT2D eigenvalue weighted by atomic mass is 10.0. The van der Waals surface area contributed by atoms with Gasteiger partial charge in [-0.3, -0.25) is 4.90 Å². The largest absolute Gasteiger partial charge is 0.508 e. The summed E-state index contributed by atoms with van der Waals surface area (Å²) in [4.78, 5) is 2.40. The molecule has 1 saturated heterocycles. The number of hydrogen-bond donors (Lipinski definition) is 1. The fraction of sp³-hybridized carbons (Fsp3) is 0.375. The Labute approximate surface area is 177 Å². The Hall–Kier alpha value is -2.99. The zero-order chi connectivity index (χ0) is 20.9. The third kappa shape index (κ3) is 4.28. The zero-order valence-electron chi connectivity index (χ0n) is 17.5. The molecule has 2 aromatic carbocycles. The predicted molar refractivity (Wildman–Crippen MR) is 115 cm³/mol. The van der Waals surface area contributed by atoms with Crippen LogP contribution < -0.4 is 9.47 Å². The molecular weight excluding hydrogens is 380 g/mol. The van der Waals surface area contributed by atoms with Crippen molar-refractivity contribution in [3.63, 3.8) is 0 Å². The molecule has 1 aliphatic heterocycles. The van der Waals surface area contributed by atoms with E-state index in [1.54, 1.807) is 20.3 Å². The minimum absolute atomic E-state index is 0.157. The molecule has 3 aromatic rings. The number of phenols is 1. The number of aromatic hydroxyl groups is 1. The van der Waals surface area contributed by atoms with Gasteiger partial charge in [0.2, 0.25) is 0 Å². The summed E-state index contributed by atoms with van der Waals surface area (Å²) in [5.41, 5.74) is 2.76. The minimum atomic E-state index is 0.157. The number of ether oxygens (including phenoxy) is 2. The van der Waals surface area contributed by atoms with Crippen LogP contribution in [0.2, 0.25) is 0 Å². The van der Waals surface area contributed by atoms with Gasteiger partial charge >= 0.3 is 0 Å². The van der Waals surface area contributed by atoms with Crippen LogP contribution in [0.5, 0.6) is 17.2 Å². The average molecular weight is 408 g/mol. The van der Waals surface area contributed by atoms with Crippen molar-refractivity contribution in [1.29, 1.82) is 0 Å². The average Bonchev–Trinajstić information content (AvgIpc) is 3.15. The summed E-state index contributed by atoms with van der Waals surface area (Å²) >= 11 is 0. The lowest BCUT2D eigenvalue weighted by molar-refractivity contribution is 0.182. The van der Waals surface area contributed by atoms with Gasteiger partial charge in [-0.1, -0.05) is 36.2 Å². The number of methoxy groups -OCH3 is 2. The van der Waals surface area contributed by atoms with Crippen LogP contribution in [0.25, 0.3) is 11.3 Å². The lowest BCUT2D eigenvalue weighted by Gasteiger charge is -2.28. The molecule has 0 aliphatic carbocycles. The molecule has 2 heterocycles. The highest BCUT2D eigenvalue weighted by molar-refractivity contribution is 5.62. The van der Waals surface area contributed by atoms with Gasteiger partial charge in [0.25, 0.3) is 0 Å². The molecule has 0 unspecified atom stereocenters. The summed E-state index contributed by atoms with van der Waals surface area (Å²) < 4.78 is 16.5. The van der Waals surface area contributed by atoms with Crippen LogP contribution in [0.15, 0.2) is 53.1 Å². The number of para-hydroxylation sites is 1. The summed E-state index contributed by atoms with van der Waals surface area (Å²) in [5, 5.41) is 14.6. The number of aromatic nitrogens is 1. The summed E-state index contributed by atoms with van der Waals surface area (Å²) in [5.74, 6) is 2.38. The van der Waals surface area contributed by atoms with E-state index in [9.17, 15) is 5.11 Å². The van der Waals surface area contributed by atoms with E-state index in [2.05, 4.69) is 10.1 Å². The number of benzene rings is 2. The summed E-state index contributed by atoms with van der Waals surface area (Å²) in [7, 11) is 3.24. The Morgan fingerprint density at radius 2 is 1.87 bits per heavy atom. The van der Waals surface area contributed by atoms with Crippen molar-refractivity contribution < 1.29 is 19.1 Å². The summed E-state index contributed by atoms with van der Waals surface area (Å²) in [6, 6.07) is 15.4. The molecule has 1 aromatic heterocycles. The number of rotatable bonds is 6. The molecule has 1 fully saturated rings. The first-order valence-corrected chi connectivity index (χ1v) is 10.4. The van der Waals surface area contributed by atoms with Crippen LogP contribution in [0.3, 0.4) is 0 Å². The molecule has 0 spiro atoms. The van der Waals surface area contributed by atoms with Crippen LogP contribution in [-0.2, 0) is 6.54 Å². The molecule has 30 heavy (non-hydrogen) atoms. The molecule has 0 amide bonds. The van der Waals surface area contributed by atoms with E-state index in [-0.39, 0.29) is 6.04 Å². The normalized spacial score (nSPS) is 17.5. The Balaban J connectivity index is 1.60. The topological polar surface area (TPSA) is 68.0 Å². The van der Waals surface area contributed by atoms with Crippen molar-refractivity contribution in [3.05, 3.63) is 59.8 Å². The molecule has 1 aliphatic rings. The van der Waals surface area contributed by atoms with E-state index in [0.29, 0.717) is 29.6 Å². The van der Waals surface area contributed by atoms with Gasteiger partial charge in [0.05, 0.1) is 20.3 Å². The smallest absolute Gasteiger partial charge is 0.167 e. The van der Waals surface area contributed by atoms with E-state index in [1.165, 1.54) is 6.42 Å². The molecule has 0 bridgehead atoms. The quantitative estimate of drug-likeness (QED) is 0.606. The first kappa shape index (κ1) is 20.3. The SMILES string of the molecule is COc1ccc(-c2cc([C@@H]3CCCCCN3Cc3ccccc3O)no2)cc1OC. The van der Waals surface area contributed by atoms with Gasteiger partial charge in [-0.2, -0.15) is 0 Å². The van der Waals surface area contributed by atoms with E-state index in [4.69, 9.17) is 14.0 Å². The molecule has 4 rings (SSSR count). The maximum Gasteiger partial charge on any atom is 0.167 e. The Morgan fingerprint density at radius 1 is 1.03 bits per heavy atom. The van der Waals surface area contributed by atoms with Crippen LogP contribution in [0.4, 0.5) is 0 Å². The third-order valence-corrected chi connectivity index (χ3v) is 5.77.